The molecule has 0 unspecified atom stereocenters. The van der Waals surface area contributed by atoms with Gasteiger partial charge in [-0.1, -0.05) is 18.2 Å². The largest absolute Gasteiger partial charge is 0.313 e. The molecule has 1 rings (SSSR count). The van der Waals surface area contributed by atoms with Crippen molar-refractivity contribution in [2.75, 3.05) is 7.05 Å². The maximum Gasteiger partial charge on any atom is 0.252 e. The summed E-state index contributed by atoms with van der Waals surface area (Å²) >= 11 is 5.36. The highest BCUT2D eigenvalue weighted by atomic mass is 35.5. The van der Waals surface area contributed by atoms with Gasteiger partial charge in [0.05, 0.1) is 0 Å². The summed E-state index contributed by atoms with van der Waals surface area (Å²) in [4.78, 5) is 10.9. The average Bonchev–Trinajstić information content (AvgIpc) is 2.17. The molecule has 2 nitrogen and oxygen atoms in total. The van der Waals surface area contributed by atoms with Gasteiger partial charge in [-0.25, -0.2) is 0 Å². The highest BCUT2D eigenvalue weighted by Gasteiger charge is 2.05. The summed E-state index contributed by atoms with van der Waals surface area (Å²) in [6, 6.07) is 7.54. The third-order valence-electron chi connectivity index (χ3n) is 2.05. The molecule has 0 spiro atoms. The molecule has 0 saturated carbocycles. The SMILES string of the molecule is CN[C@H](C)c1cccc(C(=O)Cl)c1. The second-order valence-electron chi connectivity index (χ2n) is 2.91. The van der Waals surface area contributed by atoms with Gasteiger partial charge in [-0.15, -0.1) is 0 Å². The molecule has 0 amide bonds. The van der Waals surface area contributed by atoms with Crippen LogP contribution in [0, 0.1) is 0 Å². The second kappa shape index (κ2) is 4.40. The molecule has 13 heavy (non-hydrogen) atoms. The second-order valence-corrected chi connectivity index (χ2v) is 3.25. The van der Waals surface area contributed by atoms with E-state index in [9.17, 15) is 4.79 Å². The first-order chi connectivity index (χ1) is 6.15. The fraction of sp³-hybridized carbons (Fsp3) is 0.300. The summed E-state index contributed by atoms with van der Waals surface area (Å²) in [6.45, 7) is 2.03. The number of hydrogen-bond acceptors (Lipinski definition) is 2. The molecule has 0 heterocycles. The topological polar surface area (TPSA) is 29.1 Å². The molecule has 1 N–H and O–H groups in total. The monoisotopic (exact) mass is 197 g/mol. The van der Waals surface area contributed by atoms with Crippen LogP contribution in [0.5, 0.6) is 0 Å². The first-order valence-corrected chi connectivity index (χ1v) is 4.50. The molecule has 0 saturated heterocycles. The zero-order valence-electron chi connectivity index (χ0n) is 7.67. The number of halogens is 1. The van der Waals surface area contributed by atoms with Crippen LogP contribution in [0.15, 0.2) is 24.3 Å². The van der Waals surface area contributed by atoms with Crippen molar-refractivity contribution in [3.8, 4) is 0 Å². The minimum Gasteiger partial charge on any atom is -0.313 e. The molecule has 1 aromatic rings. The zero-order chi connectivity index (χ0) is 9.84. The van der Waals surface area contributed by atoms with Crippen molar-refractivity contribution >= 4 is 16.8 Å². The van der Waals surface area contributed by atoms with Crippen molar-refractivity contribution in [2.24, 2.45) is 0 Å². The molecule has 0 aromatic heterocycles. The summed E-state index contributed by atoms with van der Waals surface area (Å²) in [5.74, 6) is 0. The van der Waals surface area contributed by atoms with Crippen molar-refractivity contribution in [3.05, 3.63) is 35.4 Å². The van der Waals surface area contributed by atoms with Gasteiger partial charge in [0.15, 0.2) is 0 Å². The fourth-order valence-electron chi connectivity index (χ4n) is 1.10. The molecule has 0 aliphatic heterocycles. The molecule has 0 radical (unpaired) electrons. The van der Waals surface area contributed by atoms with E-state index in [2.05, 4.69) is 5.32 Å². The molecule has 0 fully saturated rings. The number of nitrogens with one attached hydrogen (secondary N) is 1. The summed E-state index contributed by atoms with van der Waals surface area (Å²) in [5.41, 5.74) is 1.61. The van der Waals surface area contributed by atoms with Crippen LogP contribution in [0.4, 0.5) is 0 Å². The predicted molar refractivity (Wildman–Crippen MR) is 54.1 cm³/mol. The third kappa shape index (κ3) is 2.54. The van der Waals surface area contributed by atoms with Gasteiger partial charge in [0, 0.05) is 11.6 Å². The van der Waals surface area contributed by atoms with Crippen LogP contribution >= 0.6 is 11.6 Å². The Balaban J connectivity index is 2.98. The van der Waals surface area contributed by atoms with Gasteiger partial charge >= 0.3 is 0 Å². The Morgan fingerprint density at radius 2 is 2.23 bits per heavy atom. The molecule has 3 heteroatoms. The highest BCUT2D eigenvalue weighted by molar-refractivity contribution is 6.67. The van der Waals surface area contributed by atoms with Crippen molar-refractivity contribution in [1.29, 1.82) is 0 Å². The zero-order valence-corrected chi connectivity index (χ0v) is 8.43. The van der Waals surface area contributed by atoms with Gasteiger partial charge in [-0.2, -0.15) is 0 Å². The quantitative estimate of drug-likeness (QED) is 0.754. The molecule has 70 valence electrons. The lowest BCUT2D eigenvalue weighted by Crippen LogP contribution is -2.12. The lowest BCUT2D eigenvalue weighted by molar-refractivity contribution is 0.108. The summed E-state index contributed by atoms with van der Waals surface area (Å²) < 4.78 is 0. The summed E-state index contributed by atoms with van der Waals surface area (Å²) in [5, 5.41) is 2.68. The van der Waals surface area contributed by atoms with Gasteiger partial charge in [-0.3, -0.25) is 4.79 Å². The van der Waals surface area contributed by atoms with E-state index in [0.717, 1.165) is 5.56 Å². The molecule has 1 aromatic carbocycles. The Labute approximate surface area is 82.9 Å². The van der Waals surface area contributed by atoms with Crippen molar-refractivity contribution in [1.82, 2.24) is 5.32 Å². The average molecular weight is 198 g/mol. The number of carbonyl (C=O) groups excluding carboxylic acids is 1. The van der Waals surface area contributed by atoms with Gasteiger partial charge in [0.2, 0.25) is 0 Å². The van der Waals surface area contributed by atoms with Crippen LogP contribution in [0.3, 0.4) is 0 Å². The number of rotatable bonds is 3. The minimum atomic E-state index is -0.412. The van der Waals surface area contributed by atoms with Crippen LogP contribution in [-0.4, -0.2) is 12.3 Å². The molecule has 1 atom stereocenters. The highest BCUT2D eigenvalue weighted by Crippen LogP contribution is 2.14. The Hall–Kier alpha value is -0.860. The lowest BCUT2D eigenvalue weighted by atomic mass is 10.1. The molecule has 0 aliphatic rings. The molecule has 0 aliphatic carbocycles. The first-order valence-electron chi connectivity index (χ1n) is 4.12. The van der Waals surface area contributed by atoms with Crippen LogP contribution in [0.2, 0.25) is 0 Å². The van der Waals surface area contributed by atoms with E-state index >= 15 is 0 Å². The lowest BCUT2D eigenvalue weighted by Gasteiger charge is -2.10. The smallest absolute Gasteiger partial charge is 0.252 e. The van der Waals surface area contributed by atoms with Crippen LogP contribution in [0.25, 0.3) is 0 Å². The Morgan fingerprint density at radius 3 is 2.77 bits per heavy atom. The standard InChI is InChI=1S/C10H12ClNO/c1-7(12-2)8-4-3-5-9(6-8)10(11)13/h3-7,12H,1-2H3/t7-/m1/s1. The first kappa shape index (κ1) is 10.2. The van der Waals surface area contributed by atoms with Crippen molar-refractivity contribution in [3.63, 3.8) is 0 Å². The molecule has 0 bridgehead atoms. The van der Waals surface area contributed by atoms with Crippen molar-refractivity contribution < 1.29 is 4.79 Å². The normalized spacial score (nSPS) is 12.5. The van der Waals surface area contributed by atoms with E-state index in [4.69, 9.17) is 11.6 Å². The predicted octanol–water partition coefficient (Wildman–Crippen LogP) is 2.35. The van der Waals surface area contributed by atoms with Gasteiger partial charge < -0.3 is 5.32 Å². The number of benzene rings is 1. The number of hydrogen-bond donors (Lipinski definition) is 1. The summed E-state index contributed by atoms with van der Waals surface area (Å²) in [6.07, 6.45) is 0. The molecular weight excluding hydrogens is 186 g/mol. The Morgan fingerprint density at radius 1 is 1.54 bits per heavy atom. The van der Waals surface area contributed by atoms with Crippen LogP contribution < -0.4 is 5.32 Å². The number of carbonyl (C=O) groups is 1. The maximum atomic E-state index is 10.9. The summed E-state index contributed by atoms with van der Waals surface area (Å²) in [7, 11) is 1.87. The van der Waals surface area contributed by atoms with E-state index < -0.39 is 5.24 Å². The van der Waals surface area contributed by atoms with E-state index in [-0.39, 0.29) is 6.04 Å². The van der Waals surface area contributed by atoms with E-state index in [1.54, 1.807) is 12.1 Å². The molecular formula is C10H12ClNO. The van der Waals surface area contributed by atoms with Gasteiger partial charge in [-0.05, 0) is 37.2 Å². The Kier molecular flexibility index (Phi) is 3.46. The van der Waals surface area contributed by atoms with Gasteiger partial charge in [0.1, 0.15) is 0 Å². The maximum absolute atomic E-state index is 10.9. The van der Waals surface area contributed by atoms with E-state index in [0.29, 0.717) is 5.56 Å². The van der Waals surface area contributed by atoms with Crippen LogP contribution in [0.1, 0.15) is 28.9 Å². The Bertz CT molecular complexity index is 312. The van der Waals surface area contributed by atoms with Crippen LogP contribution in [-0.2, 0) is 0 Å². The van der Waals surface area contributed by atoms with E-state index in [1.165, 1.54) is 0 Å². The fourth-order valence-corrected chi connectivity index (χ4v) is 1.21. The minimum absolute atomic E-state index is 0.232. The van der Waals surface area contributed by atoms with Crippen molar-refractivity contribution in [2.45, 2.75) is 13.0 Å². The van der Waals surface area contributed by atoms with E-state index in [1.807, 2.05) is 26.1 Å². The van der Waals surface area contributed by atoms with Gasteiger partial charge in [0.25, 0.3) is 5.24 Å². The third-order valence-corrected chi connectivity index (χ3v) is 2.26.